The molecule has 4 aliphatic rings. The fourth-order valence-electron chi connectivity index (χ4n) is 11.2. The van der Waals surface area contributed by atoms with Crippen LogP contribution in [0.4, 0.5) is 9.59 Å². The lowest BCUT2D eigenvalue weighted by atomic mass is 9.81. The molecule has 2 aromatic heterocycles. The largest absolute Gasteiger partial charge is 0.453 e. The Morgan fingerprint density at radius 3 is 1.71 bits per heavy atom. The van der Waals surface area contributed by atoms with Gasteiger partial charge in [-0.15, -0.1) is 0 Å². The first-order valence-corrected chi connectivity index (χ1v) is 23.3. The van der Waals surface area contributed by atoms with E-state index < -0.39 is 24.3 Å². The molecule has 0 unspecified atom stereocenters. The molecule has 5 aromatic rings. The minimum Gasteiger partial charge on any atom is -0.453 e. The number of H-pyrrole nitrogens is 2. The third kappa shape index (κ3) is 8.25. The Labute approximate surface area is 380 Å². The Bertz CT molecular complexity index is 2620. The summed E-state index contributed by atoms with van der Waals surface area (Å²) < 4.78 is 9.66. The number of likely N-dealkylation sites (tertiary alicyclic amines) is 2. The maximum Gasteiger partial charge on any atom is 0.407 e. The maximum atomic E-state index is 13.9. The molecule has 2 aliphatic carbocycles. The molecule has 9 rings (SSSR count). The van der Waals surface area contributed by atoms with Crippen molar-refractivity contribution in [1.82, 2.24) is 40.4 Å². The standard InChI is InChI=1S/C51H62N8O6/c1-26(2)44(56-50(62)64-7)48(60)58-24-28(5)19-40(58)46-52-23-39(55-46)31-11-9-30(10-12-31)35-16-17-36(43-34-14-13-33(21-34)42(35)43)32-15-18-37-38(22-32)54-47(53-37)41-20-29(6)25-59(41)49(61)45(27(3)4)57-51(63)65-8/h9-12,15-18,22-23,26-29,33-34,40-41,44-45H,13-14,19-21,24-25H2,1-8H3,(H,52,55)(H,53,54)(H,56,62)(H,57,63)/t28-,29-,33+,34-,40-,41-,44-,45-/m0/s1. The molecule has 4 N–H and O–H groups in total. The van der Waals surface area contributed by atoms with Gasteiger partial charge in [0, 0.05) is 13.1 Å². The van der Waals surface area contributed by atoms with Gasteiger partial charge < -0.3 is 39.9 Å². The number of carbonyl (C=O) groups excluding carboxylic acids is 4. The highest BCUT2D eigenvalue weighted by Gasteiger charge is 2.43. The number of nitrogens with zero attached hydrogens (tertiary/aromatic N) is 4. The second kappa shape index (κ2) is 17.7. The number of methoxy groups -OCH3 is 2. The van der Waals surface area contributed by atoms with E-state index in [9.17, 15) is 19.2 Å². The zero-order chi connectivity index (χ0) is 45.8. The van der Waals surface area contributed by atoms with Crippen LogP contribution < -0.4 is 10.6 Å². The highest BCUT2D eigenvalue weighted by Crippen LogP contribution is 2.58. The molecule has 8 atom stereocenters. The zero-order valence-electron chi connectivity index (χ0n) is 38.7. The Morgan fingerprint density at radius 1 is 0.662 bits per heavy atom. The third-order valence-corrected chi connectivity index (χ3v) is 14.5. The fourth-order valence-corrected chi connectivity index (χ4v) is 11.2. The Morgan fingerprint density at radius 2 is 1.17 bits per heavy atom. The molecule has 2 aliphatic heterocycles. The van der Waals surface area contributed by atoms with Gasteiger partial charge in [0.1, 0.15) is 23.7 Å². The van der Waals surface area contributed by atoms with Gasteiger partial charge in [-0.3, -0.25) is 9.59 Å². The molecule has 14 nitrogen and oxygen atoms in total. The SMILES string of the molecule is COC(=O)N[C@H](C(=O)N1C[C@@H](C)C[C@H]1c1ncc(-c2ccc(-c3ccc(-c4ccc5nc([C@@H]6C[C@H](C)CN6C(=O)[C@@H](NC(=O)OC)C(C)C)[nH]c5c4)c4c3[C@@H]3CC[C@H]4C3)cc2)[nH]1)C(C)C. The third-order valence-electron chi connectivity index (χ3n) is 14.5. The van der Waals surface area contributed by atoms with Crippen molar-refractivity contribution in [3.63, 3.8) is 0 Å². The van der Waals surface area contributed by atoms with Crippen molar-refractivity contribution in [2.24, 2.45) is 23.7 Å². The smallest absolute Gasteiger partial charge is 0.407 e. The molecule has 4 amide bonds. The van der Waals surface area contributed by atoms with E-state index in [0.717, 1.165) is 52.3 Å². The summed E-state index contributed by atoms with van der Waals surface area (Å²) in [5.41, 5.74) is 11.5. The van der Waals surface area contributed by atoms with E-state index in [1.54, 1.807) is 0 Å². The molecule has 1 saturated carbocycles. The zero-order valence-corrected chi connectivity index (χ0v) is 38.7. The van der Waals surface area contributed by atoms with Gasteiger partial charge in [0.15, 0.2) is 0 Å². The Kier molecular flexibility index (Phi) is 12.0. The van der Waals surface area contributed by atoms with Crippen LogP contribution in [0.2, 0.25) is 0 Å². The molecule has 4 heterocycles. The number of benzene rings is 3. The number of hydrogen-bond acceptors (Lipinski definition) is 8. The topological polar surface area (TPSA) is 175 Å². The number of aromatic amines is 2. The number of amides is 4. The first-order chi connectivity index (χ1) is 31.2. The average Bonchev–Trinajstić information content (AvgIpc) is 4.17. The molecular formula is C51H62N8O6. The maximum absolute atomic E-state index is 13.9. The van der Waals surface area contributed by atoms with Gasteiger partial charge in [-0.2, -0.15) is 0 Å². The van der Waals surface area contributed by atoms with Crippen LogP contribution in [0.25, 0.3) is 44.5 Å². The highest BCUT2D eigenvalue weighted by atomic mass is 16.5. The quantitative estimate of drug-likeness (QED) is 0.102. The number of fused-ring (bicyclic) bond motifs is 6. The first-order valence-electron chi connectivity index (χ1n) is 23.3. The average molecular weight is 883 g/mol. The lowest BCUT2D eigenvalue weighted by Crippen LogP contribution is -2.51. The first kappa shape index (κ1) is 44.0. The van der Waals surface area contributed by atoms with Gasteiger partial charge in [0.05, 0.1) is 49.2 Å². The number of hydrogen-bond donors (Lipinski definition) is 4. The molecule has 2 bridgehead atoms. The Hall–Kier alpha value is -6.18. The fraction of sp³-hybridized carbons (Fsp3) is 0.490. The molecule has 0 spiro atoms. The van der Waals surface area contributed by atoms with Crippen molar-refractivity contribution in [3.05, 3.63) is 83.6 Å². The second-order valence-electron chi connectivity index (χ2n) is 19.7. The minimum atomic E-state index is -0.699. The molecule has 0 radical (unpaired) electrons. The minimum absolute atomic E-state index is 0.112. The summed E-state index contributed by atoms with van der Waals surface area (Å²) in [5.74, 6) is 2.63. The van der Waals surface area contributed by atoms with Crippen LogP contribution in [-0.2, 0) is 19.1 Å². The molecule has 14 heteroatoms. The van der Waals surface area contributed by atoms with Crippen molar-refractivity contribution in [1.29, 1.82) is 0 Å². The normalized spacial score (nSPS) is 23.3. The summed E-state index contributed by atoms with van der Waals surface area (Å²) in [6.07, 6.45) is 5.74. The summed E-state index contributed by atoms with van der Waals surface area (Å²) in [7, 11) is 2.61. The summed E-state index contributed by atoms with van der Waals surface area (Å²) >= 11 is 0. The highest BCUT2D eigenvalue weighted by molar-refractivity contribution is 5.89. The van der Waals surface area contributed by atoms with Crippen molar-refractivity contribution >= 4 is 35.0 Å². The molecule has 65 heavy (non-hydrogen) atoms. The summed E-state index contributed by atoms with van der Waals surface area (Å²) in [6.45, 7) is 13.2. The van der Waals surface area contributed by atoms with E-state index in [0.29, 0.717) is 24.9 Å². The van der Waals surface area contributed by atoms with E-state index >= 15 is 0 Å². The lowest BCUT2D eigenvalue weighted by Gasteiger charge is -2.30. The van der Waals surface area contributed by atoms with Gasteiger partial charge in [-0.25, -0.2) is 19.6 Å². The van der Waals surface area contributed by atoms with Crippen molar-refractivity contribution in [2.45, 2.75) is 110 Å². The molecule has 3 fully saturated rings. The number of imidazole rings is 2. The molecular weight excluding hydrogens is 821 g/mol. The number of nitrogens with one attached hydrogen (secondary N) is 4. The summed E-state index contributed by atoms with van der Waals surface area (Å²) in [4.78, 5) is 72.7. The van der Waals surface area contributed by atoms with Crippen molar-refractivity contribution in [2.75, 3.05) is 27.3 Å². The van der Waals surface area contributed by atoms with E-state index in [2.05, 4.69) is 89.0 Å². The number of rotatable bonds is 11. The molecule has 3 aromatic carbocycles. The van der Waals surface area contributed by atoms with Gasteiger partial charge in [-0.1, -0.05) is 84.0 Å². The van der Waals surface area contributed by atoms with Crippen LogP contribution >= 0.6 is 0 Å². The number of alkyl carbamates (subject to hydrolysis) is 2. The van der Waals surface area contributed by atoms with E-state index in [4.69, 9.17) is 19.4 Å². The van der Waals surface area contributed by atoms with Crippen LogP contribution in [0, 0.1) is 23.7 Å². The number of carbonyl (C=O) groups is 4. The van der Waals surface area contributed by atoms with Gasteiger partial charge in [0.25, 0.3) is 0 Å². The van der Waals surface area contributed by atoms with Crippen molar-refractivity contribution < 1.29 is 28.7 Å². The number of ether oxygens (including phenoxy) is 2. The summed E-state index contributed by atoms with van der Waals surface area (Å²) in [5, 5.41) is 5.49. The second-order valence-corrected chi connectivity index (χ2v) is 19.7. The molecule has 2 saturated heterocycles. The predicted molar refractivity (Wildman–Crippen MR) is 249 cm³/mol. The van der Waals surface area contributed by atoms with Crippen LogP contribution in [0.3, 0.4) is 0 Å². The number of aromatic nitrogens is 4. The predicted octanol–water partition coefficient (Wildman–Crippen LogP) is 9.23. The van der Waals surface area contributed by atoms with Crippen molar-refractivity contribution in [3.8, 4) is 33.5 Å². The van der Waals surface area contributed by atoms with Crippen LogP contribution in [0.5, 0.6) is 0 Å². The van der Waals surface area contributed by atoms with Crippen LogP contribution in [0.15, 0.2) is 60.8 Å². The summed E-state index contributed by atoms with van der Waals surface area (Å²) in [6, 6.07) is 17.9. The van der Waals surface area contributed by atoms with Crippen LogP contribution in [0.1, 0.15) is 120 Å². The Balaban J connectivity index is 0.959. The van der Waals surface area contributed by atoms with E-state index in [1.807, 2.05) is 43.7 Å². The van der Waals surface area contributed by atoms with Gasteiger partial charge >= 0.3 is 12.2 Å². The van der Waals surface area contributed by atoms with Gasteiger partial charge in [0.2, 0.25) is 11.8 Å². The monoisotopic (exact) mass is 882 g/mol. The molecule has 342 valence electrons. The lowest BCUT2D eigenvalue weighted by molar-refractivity contribution is -0.136. The van der Waals surface area contributed by atoms with Crippen LogP contribution in [-0.4, -0.2) is 93.1 Å². The van der Waals surface area contributed by atoms with E-state index in [-0.39, 0.29) is 47.6 Å². The van der Waals surface area contributed by atoms with Gasteiger partial charge in [-0.05, 0) is 119 Å². The van der Waals surface area contributed by atoms with E-state index in [1.165, 1.54) is 61.3 Å².